The first-order valence-electron chi connectivity index (χ1n) is 12.5. The molecule has 2 aromatic carbocycles. The highest BCUT2D eigenvalue weighted by Crippen LogP contribution is 2.40. The van der Waals surface area contributed by atoms with Crippen LogP contribution in [0.2, 0.25) is 0 Å². The van der Waals surface area contributed by atoms with Crippen LogP contribution in [0.15, 0.2) is 52.5 Å². The molecule has 0 radical (unpaired) electrons. The van der Waals surface area contributed by atoms with Crippen LogP contribution < -0.4 is 4.74 Å². The van der Waals surface area contributed by atoms with Crippen LogP contribution in [0.1, 0.15) is 42.5 Å². The molecule has 1 atom stereocenters. The summed E-state index contributed by atoms with van der Waals surface area (Å²) in [5, 5.41) is 11.4. The minimum atomic E-state index is -0.655. The number of nitrogens with zero attached hydrogens (tertiary/aromatic N) is 2. The Kier molecular flexibility index (Phi) is 8.82. The third kappa shape index (κ3) is 5.82. The number of morpholine rings is 1. The lowest BCUT2D eigenvalue weighted by molar-refractivity contribution is -0.140. The number of aryl methyl sites for hydroxylation is 1. The van der Waals surface area contributed by atoms with Crippen LogP contribution in [0.25, 0.3) is 5.76 Å². The average Bonchev–Trinajstić information content (AvgIpc) is 3.13. The van der Waals surface area contributed by atoms with Gasteiger partial charge < -0.3 is 19.5 Å². The standard InChI is InChI=1S/C28H33BrN2O5/c1-3-15-36-22-9-10-23(19(2)18-22)26(32)24-25(20-5-7-21(29)8-6-20)31(28(34)27(24)33)12-4-11-30-13-16-35-17-14-30/h5-10,18,25,32H,3-4,11-17H2,1-2H3/b26-24-. The maximum atomic E-state index is 13.3. The van der Waals surface area contributed by atoms with Crippen LogP contribution in [0.3, 0.4) is 0 Å². The number of Topliss-reactive ketones (excluding diaryl/α,β-unsaturated/α-hetero) is 1. The fourth-order valence-electron chi connectivity index (χ4n) is 4.75. The van der Waals surface area contributed by atoms with E-state index in [9.17, 15) is 14.7 Å². The molecular formula is C28H33BrN2O5. The Morgan fingerprint density at radius 2 is 1.83 bits per heavy atom. The molecule has 0 saturated carbocycles. The van der Waals surface area contributed by atoms with E-state index < -0.39 is 17.7 Å². The van der Waals surface area contributed by atoms with Gasteiger partial charge in [0.15, 0.2) is 0 Å². The Bertz CT molecular complexity index is 1130. The van der Waals surface area contributed by atoms with E-state index >= 15 is 0 Å². The summed E-state index contributed by atoms with van der Waals surface area (Å²) in [5.41, 5.74) is 2.20. The van der Waals surface area contributed by atoms with Gasteiger partial charge in [0.05, 0.1) is 31.4 Å². The molecule has 2 aliphatic rings. The highest BCUT2D eigenvalue weighted by atomic mass is 79.9. The zero-order chi connectivity index (χ0) is 25.7. The SMILES string of the molecule is CCCOc1ccc(/C(O)=C2/C(=O)C(=O)N(CCCN3CCOCC3)C2c2ccc(Br)cc2)c(C)c1. The molecule has 2 heterocycles. The number of hydrogen-bond acceptors (Lipinski definition) is 6. The summed E-state index contributed by atoms with van der Waals surface area (Å²) >= 11 is 3.46. The number of carbonyl (C=O) groups excluding carboxylic acids is 2. The maximum Gasteiger partial charge on any atom is 0.295 e. The lowest BCUT2D eigenvalue weighted by Crippen LogP contribution is -2.38. The van der Waals surface area contributed by atoms with E-state index in [0.29, 0.717) is 37.7 Å². The Hall–Kier alpha value is -2.68. The number of aliphatic hydroxyl groups is 1. The number of amides is 1. The molecule has 4 rings (SSSR count). The monoisotopic (exact) mass is 556 g/mol. The van der Waals surface area contributed by atoms with E-state index in [1.807, 2.05) is 44.2 Å². The quantitative estimate of drug-likeness (QED) is 0.274. The minimum Gasteiger partial charge on any atom is -0.507 e. The molecule has 1 amide bonds. The molecule has 7 nitrogen and oxygen atoms in total. The van der Waals surface area contributed by atoms with Crippen LogP contribution in [0, 0.1) is 6.92 Å². The van der Waals surface area contributed by atoms with Crippen molar-refractivity contribution in [2.24, 2.45) is 0 Å². The largest absolute Gasteiger partial charge is 0.507 e. The minimum absolute atomic E-state index is 0.124. The van der Waals surface area contributed by atoms with Crippen LogP contribution in [-0.2, 0) is 14.3 Å². The molecule has 0 spiro atoms. The number of benzene rings is 2. The van der Waals surface area contributed by atoms with Crippen molar-refractivity contribution in [2.75, 3.05) is 46.0 Å². The van der Waals surface area contributed by atoms with Gasteiger partial charge in [0.1, 0.15) is 11.5 Å². The second kappa shape index (κ2) is 12.0. The Morgan fingerprint density at radius 1 is 1.11 bits per heavy atom. The molecule has 2 fully saturated rings. The van der Waals surface area contributed by atoms with Crippen molar-refractivity contribution < 1.29 is 24.2 Å². The molecule has 1 unspecified atom stereocenters. The van der Waals surface area contributed by atoms with E-state index in [0.717, 1.165) is 48.1 Å². The van der Waals surface area contributed by atoms with Crippen LogP contribution in [0.5, 0.6) is 5.75 Å². The Balaban J connectivity index is 1.66. The summed E-state index contributed by atoms with van der Waals surface area (Å²) < 4.78 is 12.0. The van der Waals surface area contributed by atoms with Gasteiger partial charge in [-0.05, 0) is 61.2 Å². The van der Waals surface area contributed by atoms with Crippen molar-refractivity contribution in [3.05, 3.63) is 69.2 Å². The van der Waals surface area contributed by atoms with Crippen molar-refractivity contribution in [3.63, 3.8) is 0 Å². The fraction of sp³-hybridized carbons (Fsp3) is 0.429. The van der Waals surface area contributed by atoms with Crippen molar-refractivity contribution in [3.8, 4) is 5.75 Å². The second-order valence-electron chi connectivity index (χ2n) is 9.18. The number of carbonyl (C=O) groups is 2. The van der Waals surface area contributed by atoms with Crippen molar-refractivity contribution in [2.45, 2.75) is 32.7 Å². The first-order chi connectivity index (χ1) is 17.4. The van der Waals surface area contributed by atoms with Gasteiger partial charge >= 0.3 is 0 Å². The highest BCUT2D eigenvalue weighted by molar-refractivity contribution is 9.10. The lowest BCUT2D eigenvalue weighted by atomic mass is 9.94. The van der Waals surface area contributed by atoms with E-state index in [4.69, 9.17) is 9.47 Å². The Labute approximate surface area is 220 Å². The molecule has 8 heteroatoms. The summed E-state index contributed by atoms with van der Waals surface area (Å²) in [7, 11) is 0. The first-order valence-corrected chi connectivity index (χ1v) is 13.3. The number of ether oxygens (including phenoxy) is 2. The first kappa shape index (κ1) is 26.4. The number of likely N-dealkylation sites (tertiary alicyclic amines) is 1. The van der Waals surface area contributed by atoms with Gasteiger partial charge in [-0.1, -0.05) is 35.0 Å². The molecule has 0 bridgehead atoms. The Morgan fingerprint density at radius 3 is 2.50 bits per heavy atom. The van der Waals surface area contributed by atoms with Crippen molar-refractivity contribution >= 4 is 33.4 Å². The summed E-state index contributed by atoms with van der Waals surface area (Å²) in [4.78, 5) is 30.4. The van der Waals surface area contributed by atoms with Gasteiger partial charge in [-0.2, -0.15) is 0 Å². The van der Waals surface area contributed by atoms with Gasteiger partial charge in [-0.15, -0.1) is 0 Å². The topological polar surface area (TPSA) is 79.3 Å². The number of rotatable bonds is 9. The molecule has 2 saturated heterocycles. The lowest BCUT2D eigenvalue weighted by Gasteiger charge is -2.29. The highest BCUT2D eigenvalue weighted by Gasteiger charge is 2.46. The molecule has 0 aliphatic carbocycles. The third-order valence-corrected chi connectivity index (χ3v) is 7.16. The molecule has 1 N–H and O–H groups in total. The number of hydrogen-bond donors (Lipinski definition) is 1. The van der Waals surface area contributed by atoms with Gasteiger partial charge in [0.25, 0.3) is 11.7 Å². The van der Waals surface area contributed by atoms with Gasteiger partial charge in [-0.3, -0.25) is 14.5 Å². The maximum absolute atomic E-state index is 13.3. The van der Waals surface area contributed by atoms with Crippen LogP contribution in [-0.4, -0.2) is 72.6 Å². The average molecular weight is 557 g/mol. The molecule has 36 heavy (non-hydrogen) atoms. The number of halogens is 1. The van der Waals surface area contributed by atoms with E-state index in [-0.39, 0.29) is 11.3 Å². The summed E-state index contributed by atoms with van der Waals surface area (Å²) in [6.45, 7) is 8.90. The second-order valence-corrected chi connectivity index (χ2v) is 10.1. The zero-order valence-electron chi connectivity index (χ0n) is 20.8. The number of aliphatic hydroxyl groups excluding tert-OH is 1. The molecular weight excluding hydrogens is 524 g/mol. The van der Waals surface area contributed by atoms with Crippen molar-refractivity contribution in [1.29, 1.82) is 0 Å². The zero-order valence-corrected chi connectivity index (χ0v) is 22.4. The van der Waals surface area contributed by atoms with Gasteiger partial charge in [0.2, 0.25) is 0 Å². The van der Waals surface area contributed by atoms with E-state index in [1.165, 1.54) is 0 Å². The predicted molar refractivity (Wildman–Crippen MR) is 142 cm³/mol. The summed E-state index contributed by atoms with van der Waals surface area (Å²) in [6.07, 6.45) is 1.62. The van der Waals surface area contributed by atoms with Crippen LogP contribution >= 0.6 is 15.9 Å². The molecule has 2 aliphatic heterocycles. The third-order valence-electron chi connectivity index (χ3n) is 6.63. The predicted octanol–water partition coefficient (Wildman–Crippen LogP) is 4.69. The van der Waals surface area contributed by atoms with E-state index in [1.54, 1.807) is 17.0 Å². The fourth-order valence-corrected chi connectivity index (χ4v) is 5.01. The van der Waals surface area contributed by atoms with Gasteiger partial charge in [-0.25, -0.2) is 0 Å². The van der Waals surface area contributed by atoms with Gasteiger partial charge in [0, 0.05) is 36.2 Å². The number of ketones is 1. The normalized spacial score (nSPS) is 20.2. The summed E-state index contributed by atoms with van der Waals surface area (Å²) in [6, 6.07) is 12.3. The van der Waals surface area contributed by atoms with Crippen LogP contribution in [0.4, 0.5) is 0 Å². The smallest absolute Gasteiger partial charge is 0.295 e. The molecule has 0 aromatic heterocycles. The van der Waals surface area contributed by atoms with E-state index in [2.05, 4.69) is 20.8 Å². The molecule has 2 aromatic rings. The van der Waals surface area contributed by atoms with Crippen molar-refractivity contribution in [1.82, 2.24) is 9.80 Å². The summed E-state index contributed by atoms with van der Waals surface area (Å²) in [5.74, 6) is -0.681. The molecule has 192 valence electrons.